The Kier molecular flexibility index (Phi) is 5.97. The van der Waals surface area contributed by atoms with Crippen molar-refractivity contribution in [3.05, 3.63) is 107 Å². The third kappa shape index (κ3) is 4.23. The quantitative estimate of drug-likeness (QED) is 0.283. The predicted octanol–water partition coefficient (Wildman–Crippen LogP) is 4.85. The minimum absolute atomic E-state index is 0.256. The summed E-state index contributed by atoms with van der Waals surface area (Å²) in [5.41, 5.74) is 3.55. The van der Waals surface area contributed by atoms with Crippen LogP contribution >= 0.6 is 11.8 Å². The summed E-state index contributed by atoms with van der Waals surface area (Å²) >= 11 is 1.47. The second-order valence-corrected chi connectivity index (χ2v) is 8.43. The van der Waals surface area contributed by atoms with Gasteiger partial charge in [-0.3, -0.25) is 9.36 Å². The fraction of sp³-hybridized carbons (Fsp3) is 0.0769. The number of carbonyl (C=O) groups excluding carboxylic acids is 1. The lowest BCUT2D eigenvalue weighted by atomic mass is 10.1. The SMILES string of the molecule is COC(=O)c1ccc2c(=O)[nH]c(CSc3ncc(-c4ccccc4)n3-c3ccccc3)nc2c1. The zero-order valence-corrected chi connectivity index (χ0v) is 19.1. The molecular formula is C26H20N4O3S. The number of hydrogen-bond acceptors (Lipinski definition) is 6. The molecule has 0 amide bonds. The van der Waals surface area contributed by atoms with E-state index >= 15 is 0 Å². The Bertz CT molecular complexity index is 1530. The summed E-state index contributed by atoms with van der Waals surface area (Å²) in [5.74, 6) is 0.415. The molecule has 0 atom stereocenters. The highest BCUT2D eigenvalue weighted by Gasteiger charge is 2.15. The molecule has 8 heteroatoms. The highest BCUT2D eigenvalue weighted by atomic mass is 32.2. The Labute approximate surface area is 199 Å². The lowest BCUT2D eigenvalue weighted by molar-refractivity contribution is 0.0601. The molecule has 0 aliphatic carbocycles. The maximum atomic E-state index is 12.6. The number of thioether (sulfide) groups is 1. The number of rotatable bonds is 6. The first-order chi connectivity index (χ1) is 16.6. The van der Waals surface area contributed by atoms with Gasteiger partial charge in [-0.1, -0.05) is 60.3 Å². The van der Waals surface area contributed by atoms with Crippen LogP contribution in [0.1, 0.15) is 16.2 Å². The molecule has 0 saturated carbocycles. The first-order valence-electron chi connectivity index (χ1n) is 10.6. The average Bonchev–Trinajstić information content (AvgIpc) is 3.31. The molecule has 0 spiro atoms. The van der Waals surface area contributed by atoms with Crippen molar-refractivity contribution in [2.45, 2.75) is 10.9 Å². The van der Waals surface area contributed by atoms with E-state index in [9.17, 15) is 9.59 Å². The number of nitrogens with one attached hydrogen (secondary N) is 1. The van der Waals surface area contributed by atoms with Gasteiger partial charge < -0.3 is 9.72 Å². The molecule has 3 aromatic carbocycles. The molecule has 5 aromatic rings. The minimum Gasteiger partial charge on any atom is -0.465 e. The number of hydrogen-bond donors (Lipinski definition) is 1. The smallest absolute Gasteiger partial charge is 0.337 e. The molecule has 1 N–H and O–H groups in total. The molecule has 0 unspecified atom stereocenters. The summed E-state index contributed by atoms with van der Waals surface area (Å²) in [6.07, 6.45) is 1.85. The minimum atomic E-state index is -0.474. The van der Waals surface area contributed by atoms with Crippen molar-refractivity contribution in [3.63, 3.8) is 0 Å². The molecule has 0 aliphatic heterocycles. The van der Waals surface area contributed by atoms with Gasteiger partial charge in [-0.15, -0.1) is 0 Å². The van der Waals surface area contributed by atoms with E-state index in [1.165, 1.54) is 18.9 Å². The number of H-pyrrole nitrogens is 1. The van der Waals surface area contributed by atoms with Crippen LogP contribution in [-0.2, 0) is 10.5 Å². The Morgan fingerprint density at radius 2 is 1.76 bits per heavy atom. The van der Waals surface area contributed by atoms with Gasteiger partial charge in [0.25, 0.3) is 5.56 Å². The topological polar surface area (TPSA) is 89.9 Å². The molecule has 0 saturated heterocycles. The van der Waals surface area contributed by atoms with Crippen LogP contribution in [0, 0.1) is 0 Å². The number of carbonyl (C=O) groups is 1. The lowest BCUT2D eigenvalue weighted by Crippen LogP contribution is -2.12. The van der Waals surface area contributed by atoms with Crippen molar-refractivity contribution in [1.29, 1.82) is 0 Å². The van der Waals surface area contributed by atoms with E-state index in [-0.39, 0.29) is 5.56 Å². The summed E-state index contributed by atoms with van der Waals surface area (Å²) in [5, 5.41) is 1.19. The zero-order valence-electron chi connectivity index (χ0n) is 18.3. The molecule has 2 heterocycles. The number of esters is 1. The number of nitrogens with zero attached hydrogens (tertiary/aromatic N) is 3. The van der Waals surface area contributed by atoms with Crippen LogP contribution < -0.4 is 5.56 Å². The fourth-order valence-corrected chi connectivity index (χ4v) is 4.57. The van der Waals surface area contributed by atoms with E-state index in [2.05, 4.69) is 19.5 Å². The van der Waals surface area contributed by atoms with Crippen LogP contribution in [0.4, 0.5) is 0 Å². The average molecular weight is 469 g/mol. The second-order valence-electron chi connectivity index (χ2n) is 7.49. The van der Waals surface area contributed by atoms with Crippen LogP contribution in [0.3, 0.4) is 0 Å². The Morgan fingerprint density at radius 1 is 1.03 bits per heavy atom. The van der Waals surface area contributed by atoms with Gasteiger partial charge >= 0.3 is 5.97 Å². The first kappa shape index (κ1) is 21.7. The Balaban J connectivity index is 1.50. The number of aromatic nitrogens is 4. The summed E-state index contributed by atoms with van der Waals surface area (Å²) in [6, 6.07) is 24.8. The molecule has 34 heavy (non-hydrogen) atoms. The maximum Gasteiger partial charge on any atom is 0.337 e. The van der Waals surface area contributed by atoms with Gasteiger partial charge in [0.15, 0.2) is 5.16 Å². The third-order valence-corrected chi connectivity index (χ3v) is 6.29. The predicted molar refractivity (Wildman–Crippen MR) is 132 cm³/mol. The van der Waals surface area contributed by atoms with E-state index in [0.717, 1.165) is 22.1 Å². The summed E-state index contributed by atoms with van der Waals surface area (Å²) < 4.78 is 6.87. The summed E-state index contributed by atoms with van der Waals surface area (Å²) in [7, 11) is 1.32. The van der Waals surface area contributed by atoms with Gasteiger partial charge in [0, 0.05) is 11.3 Å². The van der Waals surface area contributed by atoms with E-state index in [4.69, 9.17) is 4.74 Å². The number of fused-ring (bicyclic) bond motifs is 1. The van der Waals surface area contributed by atoms with Crippen LogP contribution in [0.25, 0.3) is 27.8 Å². The molecule has 0 radical (unpaired) electrons. The van der Waals surface area contributed by atoms with Gasteiger partial charge in [-0.2, -0.15) is 0 Å². The van der Waals surface area contributed by atoms with E-state index < -0.39 is 5.97 Å². The van der Waals surface area contributed by atoms with E-state index in [1.54, 1.807) is 18.2 Å². The number of aromatic amines is 1. The van der Waals surface area contributed by atoms with Crippen molar-refractivity contribution in [2.75, 3.05) is 7.11 Å². The molecule has 2 aromatic heterocycles. The second kappa shape index (κ2) is 9.36. The third-order valence-electron chi connectivity index (χ3n) is 5.33. The lowest BCUT2D eigenvalue weighted by Gasteiger charge is -2.12. The molecule has 0 fully saturated rings. The Morgan fingerprint density at radius 3 is 2.50 bits per heavy atom. The van der Waals surface area contributed by atoms with Gasteiger partial charge in [0.05, 0.1) is 41.2 Å². The van der Waals surface area contributed by atoms with Gasteiger partial charge in [0.1, 0.15) is 5.82 Å². The molecule has 0 bridgehead atoms. The van der Waals surface area contributed by atoms with Gasteiger partial charge in [-0.25, -0.2) is 14.8 Å². The summed E-state index contributed by atoms with van der Waals surface area (Å²) in [6.45, 7) is 0. The number of benzene rings is 3. The molecular weight excluding hydrogens is 448 g/mol. The first-order valence-corrected chi connectivity index (χ1v) is 11.6. The Hall–Kier alpha value is -4.17. The van der Waals surface area contributed by atoms with Crippen molar-refractivity contribution >= 4 is 28.6 Å². The van der Waals surface area contributed by atoms with Crippen LogP contribution in [-0.4, -0.2) is 32.6 Å². The fourth-order valence-electron chi connectivity index (χ4n) is 3.71. The van der Waals surface area contributed by atoms with Gasteiger partial charge in [-0.05, 0) is 30.3 Å². The largest absolute Gasteiger partial charge is 0.465 e. The van der Waals surface area contributed by atoms with Crippen molar-refractivity contribution in [3.8, 4) is 16.9 Å². The van der Waals surface area contributed by atoms with E-state index in [1.807, 2.05) is 66.9 Å². The highest BCUT2D eigenvalue weighted by Crippen LogP contribution is 2.31. The number of imidazole rings is 1. The monoisotopic (exact) mass is 468 g/mol. The van der Waals surface area contributed by atoms with Crippen LogP contribution in [0.15, 0.2) is 95.0 Å². The molecule has 5 rings (SSSR count). The normalized spacial score (nSPS) is 11.0. The van der Waals surface area contributed by atoms with E-state index in [0.29, 0.717) is 28.0 Å². The summed E-state index contributed by atoms with van der Waals surface area (Å²) in [4.78, 5) is 36.6. The standard InChI is InChI=1S/C26H20N4O3S/c1-33-25(32)18-12-13-20-21(14-18)28-23(29-24(20)31)16-34-26-27-15-22(17-8-4-2-5-9-17)30(26)19-10-6-3-7-11-19/h2-15H,16H2,1H3,(H,28,29,31). The van der Waals surface area contributed by atoms with Gasteiger partial charge in [0.2, 0.25) is 0 Å². The number of methoxy groups -OCH3 is 1. The number of ether oxygens (including phenoxy) is 1. The highest BCUT2D eigenvalue weighted by molar-refractivity contribution is 7.98. The zero-order chi connectivity index (χ0) is 23.5. The van der Waals surface area contributed by atoms with Crippen LogP contribution in [0.5, 0.6) is 0 Å². The van der Waals surface area contributed by atoms with Crippen molar-refractivity contribution in [2.24, 2.45) is 0 Å². The van der Waals surface area contributed by atoms with Crippen LogP contribution in [0.2, 0.25) is 0 Å². The molecule has 7 nitrogen and oxygen atoms in total. The number of para-hydroxylation sites is 1. The molecule has 168 valence electrons. The van der Waals surface area contributed by atoms with Crippen molar-refractivity contribution < 1.29 is 9.53 Å². The molecule has 0 aliphatic rings. The maximum absolute atomic E-state index is 12.6. The van der Waals surface area contributed by atoms with Crippen molar-refractivity contribution in [1.82, 2.24) is 19.5 Å².